The number of ether oxygens (including phenoxy) is 1. The van der Waals surface area contributed by atoms with Gasteiger partial charge in [-0.2, -0.15) is 0 Å². The number of methoxy groups -OCH3 is 1. The summed E-state index contributed by atoms with van der Waals surface area (Å²) in [4.78, 5) is 32.2. The van der Waals surface area contributed by atoms with Crippen molar-refractivity contribution in [1.29, 1.82) is 0 Å². The minimum absolute atomic E-state index is 0.0268. The highest BCUT2D eigenvalue weighted by molar-refractivity contribution is 6.46. The minimum atomic E-state index is -0.626. The van der Waals surface area contributed by atoms with Crippen molar-refractivity contribution in [1.82, 2.24) is 10.2 Å². The number of rotatable bonds is 3. The van der Waals surface area contributed by atoms with Gasteiger partial charge in [0.25, 0.3) is 11.8 Å². The lowest BCUT2D eigenvalue weighted by molar-refractivity contribution is -0.115. The summed E-state index contributed by atoms with van der Waals surface area (Å²) in [5.74, 6) is 0.599. The van der Waals surface area contributed by atoms with Gasteiger partial charge in [-0.1, -0.05) is 32.9 Å². The molecule has 6 nitrogen and oxygen atoms in total. The SMILES string of the molecule is COc1ccc(C2=NC3(CCN(C(=O)c4ccc(C(C)(C)C)cc4)CC3)NC2=O)cc1. The van der Waals surface area contributed by atoms with Crippen LogP contribution in [0, 0.1) is 0 Å². The van der Waals surface area contributed by atoms with Gasteiger partial charge >= 0.3 is 0 Å². The summed E-state index contributed by atoms with van der Waals surface area (Å²) >= 11 is 0. The molecule has 2 aromatic carbocycles. The quantitative estimate of drug-likeness (QED) is 0.827. The van der Waals surface area contributed by atoms with Gasteiger partial charge in [-0.3, -0.25) is 14.6 Å². The highest BCUT2D eigenvalue weighted by atomic mass is 16.5. The number of carbonyl (C=O) groups excluding carboxylic acids is 2. The van der Waals surface area contributed by atoms with E-state index in [2.05, 4.69) is 26.1 Å². The van der Waals surface area contributed by atoms with E-state index in [1.807, 2.05) is 53.4 Å². The highest BCUT2D eigenvalue weighted by Gasteiger charge is 2.43. The van der Waals surface area contributed by atoms with Crippen LogP contribution in [0.4, 0.5) is 0 Å². The topological polar surface area (TPSA) is 71.0 Å². The number of likely N-dealkylation sites (tertiary alicyclic amines) is 1. The van der Waals surface area contributed by atoms with Gasteiger partial charge < -0.3 is 15.0 Å². The first-order valence-electron chi connectivity index (χ1n) is 10.7. The van der Waals surface area contributed by atoms with Crippen molar-refractivity contribution >= 4 is 17.5 Å². The number of hydrogen-bond donors (Lipinski definition) is 1. The first kappa shape index (κ1) is 21.1. The first-order valence-corrected chi connectivity index (χ1v) is 10.7. The predicted octanol–water partition coefficient (Wildman–Crippen LogP) is 3.54. The molecule has 2 aromatic rings. The van der Waals surface area contributed by atoms with Gasteiger partial charge in [0.15, 0.2) is 0 Å². The second kappa shape index (κ2) is 7.84. The number of nitrogens with zero attached hydrogens (tertiary/aromatic N) is 2. The second-order valence-electron chi connectivity index (χ2n) is 9.29. The van der Waals surface area contributed by atoms with E-state index in [0.717, 1.165) is 11.3 Å². The van der Waals surface area contributed by atoms with Crippen molar-refractivity contribution < 1.29 is 14.3 Å². The minimum Gasteiger partial charge on any atom is -0.497 e. The Morgan fingerprint density at radius 2 is 1.65 bits per heavy atom. The van der Waals surface area contributed by atoms with Crippen molar-refractivity contribution in [3.63, 3.8) is 0 Å². The van der Waals surface area contributed by atoms with Crippen LogP contribution in [0.2, 0.25) is 0 Å². The molecule has 1 N–H and O–H groups in total. The molecule has 2 amide bonds. The molecule has 31 heavy (non-hydrogen) atoms. The molecule has 0 radical (unpaired) electrons. The molecule has 2 aliphatic rings. The molecule has 2 heterocycles. The second-order valence-corrected chi connectivity index (χ2v) is 9.29. The zero-order valence-electron chi connectivity index (χ0n) is 18.6. The Hall–Kier alpha value is -3.15. The van der Waals surface area contributed by atoms with Crippen molar-refractivity contribution in [2.75, 3.05) is 20.2 Å². The van der Waals surface area contributed by atoms with Crippen molar-refractivity contribution in [2.24, 2.45) is 4.99 Å². The summed E-state index contributed by atoms with van der Waals surface area (Å²) < 4.78 is 5.18. The molecule has 0 unspecified atom stereocenters. The monoisotopic (exact) mass is 419 g/mol. The first-order chi connectivity index (χ1) is 14.7. The van der Waals surface area contributed by atoms with E-state index in [1.165, 1.54) is 5.56 Å². The molecule has 0 aromatic heterocycles. The van der Waals surface area contributed by atoms with E-state index >= 15 is 0 Å². The molecule has 1 spiro atoms. The van der Waals surface area contributed by atoms with Crippen molar-refractivity contribution in [3.05, 3.63) is 65.2 Å². The highest BCUT2D eigenvalue weighted by Crippen LogP contribution is 2.30. The van der Waals surface area contributed by atoms with E-state index < -0.39 is 5.66 Å². The molecular formula is C25H29N3O3. The predicted molar refractivity (Wildman–Crippen MR) is 121 cm³/mol. The Morgan fingerprint density at radius 1 is 1.03 bits per heavy atom. The molecule has 0 aliphatic carbocycles. The van der Waals surface area contributed by atoms with Crippen LogP contribution < -0.4 is 10.1 Å². The molecule has 162 valence electrons. The van der Waals surface area contributed by atoms with Crippen LogP contribution >= 0.6 is 0 Å². The molecular weight excluding hydrogens is 390 g/mol. The fraction of sp³-hybridized carbons (Fsp3) is 0.400. The molecule has 0 atom stereocenters. The van der Waals surface area contributed by atoms with Crippen LogP contribution in [0.25, 0.3) is 0 Å². The van der Waals surface area contributed by atoms with Crippen LogP contribution in [-0.2, 0) is 10.2 Å². The number of carbonyl (C=O) groups is 2. The van der Waals surface area contributed by atoms with Crippen molar-refractivity contribution in [2.45, 2.75) is 44.7 Å². The van der Waals surface area contributed by atoms with Gasteiger partial charge in [-0.05, 0) is 47.4 Å². The Morgan fingerprint density at radius 3 is 2.19 bits per heavy atom. The molecule has 0 saturated carbocycles. The van der Waals surface area contributed by atoms with Gasteiger partial charge in [0, 0.05) is 37.1 Å². The standard InChI is InChI=1S/C25H29N3O3/c1-24(2,3)19-9-5-18(6-10-19)23(30)28-15-13-25(14-16-28)26-21(22(29)27-25)17-7-11-20(31-4)12-8-17/h5-12H,13-16H2,1-4H3,(H,27,29). The fourth-order valence-electron chi connectivity index (χ4n) is 4.12. The average Bonchev–Trinajstić information content (AvgIpc) is 3.09. The largest absolute Gasteiger partial charge is 0.497 e. The Kier molecular flexibility index (Phi) is 5.33. The van der Waals surface area contributed by atoms with Gasteiger partial charge in [-0.15, -0.1) is 0 Å². The van der Waals surface area contributed by atoms with Crippen LogP contribution in [0.3, 0.4) is 0 Å². The van der Waals surface area contributed by atoms with E-state index in [-0.39, 0.29) is 17.2 Å². The van der Waals surface area contributed by atoms with E-state index in [4.69, 9.17) is 9.73 Å². The van der Waals surface area contributed by atoms with E-state index in [9.17, 15) is 9.59 Å². The summed E-state index contributed by atoms with van der Waals surface area (Å²) in [5.41, 5.74) is 2.55. The summed E-state index contributed by atoms with van der Waals surface area (Å²) in [6.45, 7) is 7.58. The molecule has 2 aliphatic heterocycles. The third-order valence-electron chi connectivity index (χ3n) is 6.13. The van der Waals surface area contributed by atoms with Crippen LogP contribution in [-0.4, -0.2) is 48.3 Å². The third kappa shape index (κ3) is 4.20. The number of benzene rings is 2. The number of piperidine rings is 1. The van der Waals surface area contributed by atoms with Crippen LogP contribution in [0.5, 0.6) is 5.75 Å². The summed E-state index contributed by atoms with van der Waals surface area (Å²) in [6, 6.07) is 15.2. The number of hydrogen-bond acceptors (Lipinski definition) is 4. The zero-order chi connectivity index (χ0) is 22.2. The summed E-state index contributed by atoms with van der Waals surface area (Å²) in [7, 11) is 1.61. The van der Waals surface area contributed by atoms with Crippen LogP contribution in [0.1, 0.15) is 55.1 Å². The fourth-order valence-corrected chi connectivity index (χ4v) is 4.12. The summed E-state index contributed by atoms with van der Waals surface area (Å²) in [6.07, 6.45) is 1.20. The lowest BCUT2D eigenvalue weighted by Gasteiger charge is -2.37. The maximum Gasteiger partial charge on any atom is 0.272 e. The lowest BCUT2D eigenvalue weighted by Crippen LogP contribution is -2.52. The molecule has 1 fully saturated rings. The number of amides is 2. The van der Waals surface area contributed by atoms with Gasteiger partial charge in [0.1, 0.15) is 17.1 Å². The smallest absolute Gasteiger partial charge is 0.272 e. The molecule has 6 heteroatoms. The normalized spacial score (nSPS) is 18.0. The maximum absolute atomic E-state index is 13.0. The van der Waals surface area contributed by atoms with Gasteiger partial charge in [0.05, 0.1) is 7.11 Å². The maximum atomic E-state index is 13.0. The average molecular weight is 420 g/mol. The zero-order valence-corrected chi connectivity index (χ0v) is 18.6. The van der Waals surface area contributed by atoms with E-state index in [1.54, 1.807) is 7.11 Å². The van der Waals surface area contributed by atoms with Gasteiger partial charge in [-0.25, -0.2) is 0 Å². The molecule has 4 rings (SSSR count). The summed E-state index contributed by atoms with van der Waals surface area (Å²) in [5, 5.41) is 3.06. The number of aliphatic imine (C=N–C) groups is 1. The van der Waals surface area contributed by atoms with Crippen LogP contribution in [0.15, 0.2) is 53.5 Å². The van der Waals surface area contributed by atoms with E-state index in [0.29, 0.717) is 37.2 Å². The number of nitrogens with one attached hydrogen (secondary N) is 1. The van der Waals surface area contributed by atoms with Crippen molar-refractivity contribution in [3.8, 4) is 5.75 Å². The third-order valence-corrected chi connectivity index (χ3v) is 6.13. The Balaban J connectivity index is 1.44. The molecule has 0 bridgehead atoms. The molecule has 1 saturated heterocycles. The lowest BCUT2D eigenvalue weighted by atomic mass is 9.86. The Labute approximate surface area is 183 Å². The Bertz CT molecular complexity index is 1010. The van der Waals surface area contributed by atoms with Gasteiger partial charge in [0.2, 0.25) is 0 Å².